The molecule has 2 aromatic heterocycles. The van der Waals surface area contributed by atoms with Gasteiger partial charge >= 0.3 is 0 Å². The smallest absolute Gasteiger partial charge is 0.280 e. The molecule has 3 rings (SSSR count). The summed E-state index contributed by atoms with van der Waals surface area (Å²) in [5.41, 5.74) is -0.112. The van der Waals surface area contributed by atoms with Crippen molar-refractivity contribution in [2.45, 2.75) is 45.6 Å². The summed E-state index contributed by atoms with van der Waals surface area (Å²) in [5.74, 6) is -0.504. The first-order valence-electron chi connectivity index (χ1n) is 8.02. The number of nitrogens with one attached hydrogen (secondary N) is 2. The molecule has 1 fully saturated rings. The van der Waals surface area contributed by atoms with Crippen LogP contribution in [-0.2, 0) is 9.53 Å². The highest BCUT2D eigenvalue weighted by Crippen LogP contribution is 2.30. The summed E-state index contributed by atoms with van der Waals surface area (Å²) in [6.45, 7) is 3.39. The van der Waals surface area contributed by atoms with Crippen LogP contribution in [0.3, 0.4) is 0 Å². The molecule has 9 nitrogen and oxygen atoms in total. The fraction of sp³-hybridized carbons (Fsp3) is 0.571. The fourth-order valence-electron chi connectivity index (χ4n) is 2.34. The van der Waals surface area contributed by atoms with Crippen LogP contribution in [0.25, 0.3) is 11.2 Å². The molecule has 23 heavy (non-hydrogen) atoms. The van der Waals surface area contributed by atoms with Crippen LogP contribution in [0.2, 0.25) is 0 Å². The van der Waals surface area contributed by atoms with E-state index < -0.39 is 24.0 Å². The predicted molar refractivity (Wildman–Crippen MR) is 81.8 cm³/mol. The van der Waals surface area contributed by atoms with E-state index in [1.807, 2.05) is 0 Å². The van der Waals surface area contributed by atoms with Gasteiger partial charge in [0.15, 0.2) is 11.2 Å². The molecule has 3 N–H and O–H groups in total. The van der Waals surface area contributed by atoms with E-state index in [4.69, 9.17) is 6.11 Å². The summed E-state index contributed by atoms with van der Waals surface area (Å²) in [4.78, 5) is 34.7. The Kier molecular flexibility index (Phi) is 3.58. The topological polar surface area (TPSA) is 122 Å². The number of aliphatic hydroxyl groups excluding tert-OH is 1. The zero-order chi connectivity index (χ0) is 17.4. The van der Waals surface area contributed by atoms with Gasteiger partial charge in [-0.15, -0.1) is 0 Å². The number of fused-ring (bicyclic) bond motifs is 1. The van der Waals surface area contributed by atoms with Gasteiger partial charge in [-0.25, -0.2) is 4.98 Å². The minimum Gasteiger partial charge on any atom is -0.390 e. The van der Waals surface area contributed by atoms with Crippen molar-refractivity contribution < 1.29 is 16.0 Å². The lowest BCUT2D eigenvalue weighted by Gasteiger charge is -2.13. The Balaban J connectivity index is 1.97. The van der Waals surface area contributed by atoms with Crippen LogP contribution in [0.1, 0.15) is 34.8 Å². The van der Waals surface area contributed by atoms with Gasteiger partial charge in [0, 0.05) is 13.7 Å². The number of carbonyl (C=O) groups excluding carboxylic acids is 1. The minimum atomic E-state index is -0.757. The van der Waals surface area contributed by atoms with E-state index in [1.54, 1.807) is 13.8 Å². The first-order chi connectivity index (χ1) is 11.4. The summed E-state index contributed by atoms with van der Waals surface area (Å²) in [7, 11) is 0. The molecule has 0 aliphatic carbocycles. The van der Waals surface area contributed by atoms with E-state index in [2.05, 4.69) is 20.3 Å². The Morgan fingerprint density at radius 2 is 2.43 bits per heavy atom. The molecule has 0 spiro atoms. The Bertz CT molecular complexity index is 817. The van der Waals surface area contributed by atoms with Crippen LogP contribution in [0.4, 0.5) is 5.95 Å². The van der Waals surface area contributed by atoms with Gasteiger partial charge in [0.1, 0.15) is 6.23 Å². The van der Waals surface area contributed by atoms with E-state index in [0.29, 0.717) is 0 Å². The third kappa shape index (κ3) is 2.84. The molecular formula is C14H19N5O4. The summed E-state index contributed by atoms with van der Waals surface area (Å²) in [6.07, 6.45) is -0.230. The van der Waals surface area contributed by atoms with Crippen molar-refractivity contribution in [2.75, 3.05) is 5.32 Å². The molecule has 1 aliphatic rings. The maximum absolute atomic E-state index is 12.1. The van der Waals surface area contributed by atoms with Gasteiger partial charge in [-0.1, -0.05) is 13.8 Å². The SMILES string of the molecule is [2H]C[C@H]1O[C@@H](n2cnc3c(=O)[nH]c(NC(=O)C(C)C)nc32)CC1O. The predicted octanol–water partition coefficient (Wildman–Crippen LogP) is 0.382. The van der Waals surface area contributed by atoms with Crippen molar-refractivity contribution in [3.05, 3.63) is 16.7 Å². The average molecular weight is 322 g/mol. The number of aromatic nitrogens is 4. The fourth-order valence-corrected chi connectivity index (χ4v) is 2.34. The number of aliphatic hydroxyl groups is 1. The van der Waals surface area contributed by atoms with Crippen LogP contribution in [0.5, 0.6) is 0 Å². The third-order valence-corrected chi connectivity index (χ3v) is 3.71. The van der Waals surface area contributed by atoms with Crippen LogP contribution < -0.4 is 10.9 Å². The Morgan fingerprint density at radius 3 is 3.09 bits per heavy atom. The number of rotatable bonds is 3. The van der Waals surface area contributed by atoms with Crippen molar-refractivity contribution in [1.82, 2.24) is 19.5 Å². The number of anilines is 1. The third-order valence-electron chi connectivity index (χ3n) is 3.71. The molecule has 2 aromatic rings. The largest absolute Gasteiger partial charge is 0.390 e. The maximum Gasteiger partial charge on any atom is 0.280 e. The van der Waals surface area contributed by atoms with E-state index in [9.17, 15) is 14.7 Å². The van der Waals surface area contributed by atoms with Gasteiger partial charge in [0.25, 0.3) is 5.56 Å². The first-order valence-corrected chi connectivity index (χ1v) is 7.31. The maximum atomic E-state index is 12.1. The Morgan fingerprint density at radius 1 is 1.65 bits per heavy atom. The van der Waals surface area contributed by atoms with Crippen molar-refractivity contribution in [3.8, 4) is 0 Å². The van der Waals surface area contributed by atoms with E-state index in [-0.39, 0.29) is 42.3 Å². The summed E-state index contributed by atoms with van der Waals surface area (Å²) in [6, 6.07) is 0. The summed E-state index contributed by atoms with van der Waals surface area (Å²) in [5, 5.41) is 12.4. The lowest BCUT2D eigenvalue weighted by atomic mass is 10.2. The van der Waals surface area contributed by atoms with E-state index in [0.717, 1.165) is 0 Å². The van der Waals surface area contributed by atoms with Crippen molar-refractivity contribution >= 4 is 23.0 Å². The quantitative estimate of drug-likeness (QED) is 0.751. The van der Waals surface area contributed by atoms with Gasteiger partial charge in [-0.3, -0.25) is 24.5 Å². The van der Waals surface area contributed by atoms with Crippen LogP contribution >= 0.6 is 0 Å². The molecule has 0 bridgehead atoms. The molecule has 1 saturated heterocycles. The Labute approximate surface area is 133 Å². The number of nitrogens with zero attached hydrogens (tertiary/aromatic N) is 3. The van der Waals surface area contributed by atoms with Crippen molar-refractivity contribution in [1.29, 1.82) is 0 Å². The van der Waals surface area contributed by atoms with E-state index in [1.165, 1.54) is 10.9 Å². The normalized spacial score (nSPS) is 25.0. The van der Waals surface area contributed by atoms with Crippen LogP contribution in [-0.4, -0.2) is 42.7 Å². The molecule has 1 unspecified atom stereocenters. The second-order valence-corrected chi connectivity index (χ2v) is 5.81. The van der Waals surface area contributed by atoms with Gasteiger partial charge in [-0.2, -0.15) is 4.98 Å². The molecule has 0 aromatic carbocycles. The number of imidazole rings is 1. The number of aromatic amines is 1. The molecule has 1 aliphatic heterocycles. The highest BCUT2D eigenvalue weighted by Gasteiger charge is 2.33. The van der Waals surface area contributed by atoms with Crippen LogP contribution in [0.15, 0.2) is 11.1 Å². The molecule has 124 valence electrons. The van der Waals surface area contributed by atoms with Gasteiger partial charge in [0.05, 0.1) is 18.5 Å². The number of H-pyrrole nitrogens is 1. The molecule has 0 saturated carbocycles. The molecule has 3 atom stereocenters. The van der Waals surface area contributed by atoms with Gasteiger partial charge in [-0.05, 0) is 6.90 Å². The summed E-state index contributed by atoms with van der Waals surface area (Å²) >= 11 is 0. The van der Waals surface area contributed by atoms with Crippen molar-refractivity contribution in [2.24, 2.45) is 5.92 Å². The number of hydrogen-bond donors (Lipinski definition) is 3. The molecule has 0 radical (unpaired) electrons. The molecular weight excluding hydrogens is 302 g/mol. The molecule has 1 amide bonds. The Hall–Kier alpha value is -2.26. The zero-order valence-electron chi connectivity index (χ0n) is 13.8. The van der Waals surface area contributed by atoms with E-state index >= 15 is 0 Å². The number of ether oxygens (including phenoxy) is 1. The molecule has 3 heterocycles. The van der Waals surface area contributed by atoms with Crippen molar-refractivity contribution in [3.63, 3.8) is 0 Å². The average Bonchev–Trinajstić information content (AvgIpc) is 3.10. The number of hydrogen-bond acceptors (Lipinski definition) is 6. The molecule has 9 heteroatoms. The monoisotopic (exact) mass is 322 g/mol. The minimum absolute atomic E-state index is 0.0311. The summed E-state index contributed by atoms with van der Waals surface area (Å²) < 4.78 is 14.5. The van der Waals surface area contributed by atoms with Gasteiger partial charge < -0.3 is 9.84 Å². The second-order valence-electron chi connectivity index (χ2n) is 5.81. The highest BCUT2D eigenvalue weighted by atomic mass is 16.5. The number of amides is 1. The standard InChI is InChI=1S/C14H19N5O4/c1-6(2)12(21)17-14-16-11-10(13(22)18-14)15-5-19(11)9-4-8(20)7(3)23-9/h5-9,20H,4H2,1-3H3,(H2,16,17,18,21,22)/t7-,8?,9-/m1/s1/i3D. The second kappa shape index (κ2) is 5.74. The lowest BCUT2D eigenvalue weighted by molar-refractivity contribution is -0.118. The number of carbonyl (C=O) groups is 1. The highest BCUT2D eigenvalue weighted by molar-refractivity contribution is 5.91. The lowest BCUT2D eigenvalue weighted by Crippen LogP contribution is -2.22. The first kappa shape index (κ1) is 14.3. The van der Waals surface area contributed by atoms with Gasteiger partial charge in [0.2, 0.25) is 11.9 Å². The zero-order valence-corrected chi connectivity index (χ0v) is 12.8. The van der Waals surface area contributed by atoms with Crippen LogP contribution in [0, 0.1) is 5.92 Å².